The molecule has 2 rings (SSSR count). The number of rotatable bonds is 2. The summed E-state index contributed by atoms with van der Waals surface area (Å²) in [5.74, 6) is -0.192. The molecule has 2 heterocycles. The molecule has 1 fully saturated rings. The molecule has 0 atom stereocenters. The van der Waals surface area contributed by atoms with Crippen molar-refractivity contribution >= 4 is 21.9 Å². The van der Waals surface area contributed by atoms with Crippen molar-refractivity contribution in [3.05, 3.63) is 16.9 Å². The number of carbonyl (C=O) groups is 1. The standard InChI is InChI=1S/C12H19BrN4O2/c1-12(2,3)11(18)19-16-6-4-15(5-7-16)17-9-10(13)8-14-17/h8-9H,4-7H2,1-3H3. The first-order valence-corrected chi connectivity index (χ1v) is 7.08. The van der Waals surface area contributed by atoms with E-state index in [1.54, 1.807) is 11.3 Å². The van der Waals surface area contributed by atoms with E-state index in [0.717, 1.165) is 17.6 Å². The van der Waals surface area contributed by atoms with Gasteiger partial charge in [0, 0.05) is 0 Å². The SMILES string of the molecule is CC(C)(C)C(=O)ON1CCN(n2cc(Br)cn2)CC1. The van der Waals surface area contributed by atoms with Gasteiger partial charge in [-0.15, -0.1) is 5.06 Å². The zero-order chi connectivity index (χ0) is 14.0. The van der Waals surface area contributed by atoms with Crippen molar-refractivity contribution < 1.29 is 9.63 Å². The molecule has 19 heavy (non-hydrogen) atoms. The topological polar surface area (TPSA) is 50.6 Å². The van der Waals surface area contributed by atoms with Gasteiger partial charge in [-0.1, -0.05) is 0 Å². The molecule has 0 amide bonds. The van der Waals surface area contributed by atoms with Gasteiger partial charge in [-0.05, 0) is 36.7 Å². The van der Waals surface area contributed by atoms with Crippen LogP contribution in [0.4, 0.5) is 0 Å². The van der Waals surface area contributed by atoms with Crippen LogP contribution < -0.4 is 5.01 Å². The van der Waals surface area contributed by atoms with Crippen LogP contribution in [0.5, 0.6) is 0 Å². The van der Waals surface area contributed by atoms with Crippen LogP contribution in [0, 0.1) is 5.41 Å². The number of nitrogens with zero attached hydrogens (tertiary/aromatic N) is 4. The summed E-state index contributed by atoms with van der Waals surface area (Å²) in [6, 6.07) is 0. The fourth-order valence-electron chi connectivity index (χ4n) is 1.67. The molecular weight excluding hydrogens is 312 g/mol. The Morgan fingerprint density at radius 1 is 1.32 bits per heavy atom. The van der Waals surface area contributed by atoms with Gasteiger partial charge < -0.3 is 4.84 Å². The van der Waals surface area contributed by atoms with Gasteiger partial charge in [0.15, 0.2) is 0 Å². The van der Waals surface area contributed by atoms with Gasteiger partial charge >= 0.3 is 5.97 Å². The molecule has 106 valence electrons. The predicted octanol–water partition coefficient (Wildman–Crippen LogP) is 1.40. The molecule has 1 aromatic heterocycles. The molecule has 0 radical (unpaired) electrons. The molecule has 0 N–H and O–H groups in total. The third-order valence-electron chi connectivity index (χ3n) is 2.87. The maximum atomic E-state index is 11.8. The quantitative estimate of drug-likeness (QED) is 0.820. The number of carbonyl (C=O) groups excluding carboxylic acids is 1. The summed E-state index contributed by atoms with van der Waals surface area (Å²) in [5.41, 5.74) is -0.468. The van der Waals surface area contributed by atoms with E-state index in [9.17, 15) is 4.79 Å². The van der Waals surface area contributed by atoms with Crippen LogP contribution in [0.1, 0.15) is 20.8 Å². The van der Waals surface area contributed by atoms with Gasteiger partial charge in [-0.25, -0.2) is 4.79 Å². The van der Waals surface area contributed by atoms with E-state index >= 15 is 0 Å². The summed E-state index contributed by atoms with van der Waals surface area (Å²) >= 11 is 3.38. The number of hydroxylamine groups is 2. The second-order valence-electron chi connectivity index (χ2n) is 5.59. The molecule has 0 saturated carbocycles. The Hall–Kier alpha value is -1.08. The van der Waals surface area contributed by atoms with Crippen LogP contribution in [0.15, 0.2) is 16.9 Å². The smallest absolute Gasteiger partial charge is 0.330 e. The first-order valence-electron chi connectivity index (χ1n) is 6.29. The zero-order valence-corrected chi connectivity index (χ0v) is 13.1. The van der Waals surface area contributed by atoms with Gasteiger partial charge in [0.2, 0.25) is 0 Å². The van der Waals surface area contributed by atoms with Gasteiger partial charge in [0.25, 0.3) is 0 Å². The highest BCUT2D eigenvalue weighted by Crippen LogP contribution is 2.17. The maximum absolute atomic E-state index is 11.8. The number of halogens is 1. The van der Waals surface area contributed by atoms with E-state index < -0.39 is 5.41 Å². The molecule has 0 aliphatic carbocycles. The van der Waals surface area contributed by atoms with Crippen LogP contribution >= 0.6 is 15.9 Å². The Morgan fingerprint density at radius 3 is 2.42 bits per heavy atom. The fraction of sp³-hybridized carbons (Fsp3) is 0.667. The lowest BCUT2D eigenvalue weighted by atomic mass is 9.98. The predicted molar refractivity (Wildman–Crippen MR) is 75.0 cm³/mol. The number of hydrogen-bond donors (Lipinski definition) is 0. The Bertz CT molecular complexity index is 447. The lowest BCUT2D eigenvalue weighted by molar-refractivity contribution is -0.202. The van der Waals surface area contributed by atoms with Crippen LogP contribution in [0.25, 0.3) is 0 Å². The third-order valence-corrected chi connectivity index (χ3v) is 3.28. The highest BCUT2D eigenvalue weighted by molar-refractivity contribution is 9.10. The van der Waals surface area contributed by atoms with E-state index in [1.807, 2.05) is 31.8 Å². The minimum Gasteiger partial charge on any atom is -0.367 e. The lowest BCUT2D eigenvalue weighted by Gasteiger charge is -2.35. The molecular formula is C12H19BrN4O2. The molecule has 0 unspecified atom stereocenters. The van der Waals surface area contributed by atoms with Gasteiger partial charge in [-0.2, -0.15) is 9.89 Å². The van der Waals surface area contributed by atoms with Crippen molar-refractivity contribution in [2.24, 2.45) is 5.41 Å². The minimum atomic E-state index is -0.468. The highest BCUT2D eigenvalue weighted by atomic mass is 79.9. The van der Waals surface area contributed by atoms with E-state index in [-0.39, 0.29) is 5.97 Å². The molecule has 1 aromatic rings. The second kappa shape index (κ2) is 5.50. The van der Waals surface area contributed by atoms with E-state index in [4.69, 9.17) is 4.84 Å². The molecule has 1 saturated heterocycles. The average molecular weight is 331 g/mol. The summed E-state index contributed by atoms with van der Waals surface area (Å²) in [7, 11) is 0. The van der Waals surface area contributed by atoms with Crippen LogP contribution in [0.2, 0.25) is 0 Å². The summed E-state index contributed by atoms with van der Waals surface area (Å²) in [5, 5.41) is 8.06. The first-order chi connectivity index (χ1) is 8.86. The summed E-state index contributed by atoms with van der Waals surface area (Å²) < 4.78 is 0.953. The zero-order valence-electron chi connectivity index (χ0n) is 11.5. The monoisotopic (exact) mass is 330 g/mol. The Morgan fingerprint density at radius 2 is 1.95 bits per heavy atom. The van der Waals surface area contributed by atoms with Crippen molar-refractivity contribution in [2.75, 3.05) is 31.2 Å². The molecule has 0 bridgehead atoms. The van der Waals surface area contributed by atoms with E-state index in [2.05, 4.69) is 26.0 Å². The molecule has 1 aliphatic heterocycles. The van der Waals surface area contributed by atoms with E-state index in [1.165, 1.54) is 0 Å². The third kappa shape index (κ3) is 3.70. The Labute approximate surface area is 121 Å². The number of hydrogen-bond acceptors (Lipinski definition) is 5. The van der Waals surface area contributed by atoms with Crippen molar-refractivity contribution in [1.29, 1.82) is 0 Å². The molecule has 0 aromatic carbocycles. The molecule has 0 spiro atoms. The summed E-state index contributed by atoms with van der Waals surface area (Å²) in [4.78, 5) is 19.0. The van der Waals surface area contributed by atoms with Crippen molar-refractivity contribution in [1.82, 2.24) is 15.0 Å². The normalized spacial score (nSPS) is 17.6. The minimum absolute atomic E-state index is 0.192. The number of aromatic nitrogens is 2. The maximum Gasteiger partial charge on any atom is 0.330 e. The average Bonchev–Trinajstić information content (AvgIpc) is 2.75. The highest BCUT2D eigenvalue weighted by Gasteiger charge is 2.28. The first kappa shape index (κ1) is 14.3. The fourth-order valence-corrected chi connectivity index (χ4v) is 1.95. The summed E-state index contributed by atoms with van der Waals surface area (Å²) in [6.07, 6.45) is 3.67. The molecule has 6 nitrogen and oxygen atoms in total. The van der Waals surface area contributed by atoms with Gasteiger partial charge in [-0.3, -0.25) is 5.01 Å². The molecule has 1 aliphatic rings. The Balaban J connectivity index is 1.84. The van der Waals surface area contributed by atoms with Gasteiger partial charge in [0.1, 0.15) is 0 Å². The van der Waals surface area contributed by atoms with Gasteiger partial charge in [0.05, 0.1) is 48.5 Å². The van der Waals surface area contributed by atoms with Crippen LogP contribution in [0.3, 0.4) is 0 Å². The largest absolute Gasteiger partial charge is 0.367 e. The molecule has 7 heteroatoms. The number of piperazine rings is 1. The van der Waals surface area contributed by atoms with Crippen LogP contribution in [-0.4, -0.2) is 47.1 Å². The Kier molecular flexibility index (Phi) is 4.15. The second-order valence-corrected chi connectivity index (χ2v) is 6.51. The van der Waals surface area contributed by atoms with Crippen molar-refractivity contribution in [2.45, 2.75) is 20.8 Å². The van der Waals surface area contributed by atoms with E-state index in [0.29, 0.717) is 13.1 Å². The summed E-state index contributed by atoms with van der Waals surface area (Å²) in [6.45, 7) is 8.46. The van der Waals surface area contributed by atoms with Crippen molar-refractivity contribution in [3.8, 4) is 0 Å². The van der Waals surface area contributed by atoms with Crippen LogP contribution in [-0.2, 0) is 9.63 Å². The lowest BCUT2D eigenvalue weighted by Crippen LogP contribution is -2.52. The van der Waals surface area contributed by atoms with Crippen molar-refractivity contribution in [3.63, 3.8) is 0 Å².